The minimum absolute atomic E-state index is 0.0965. The molecular weight excluding hydrogens is 296 g/mol. The van der Waals surface area contributed by atoms with Crippen molar-refractivity contribution in [1.82, 2.24) is 0 Å². The molecule has 2 bridgehead atoms. The molecule has 2 fully saturated rings. The average molecular weight is 318 g/mol. The molecule has 2 aliphatic carbocycles. The minimum Gasteiger partial charge on any atom is -0.298 e. The van der Waals surface area contributed by atoms with Crippen molar-refractivity contribution in [2.24, 2.45) is 11.8 Å². The van der Waals surface area contributed by atoms with Gasteiger partial charge < -0.3 is 0 Å². The van der Waals surface area contributed by atoms with Crippen molar-refractivity contribution in [2.75, 3.05) is 0 Å². The lowest BCUT2D eigenvalue weighted by Crippen LogP contribution is -2.35. The normalized spacial score (nSPS) is 26.0. The molecule has 2 nitrogen and oxygen atoms in total. The third-order valence-electron chi connectivity index (χ3n) is 5.85. The van der Waals surface area contributed by atoms with Gasteiger partial charge in [-0.05, 0) is 67.0 Å². The number of hydrogen-bond acceptors (Lipinski definition) is 2. The second-order valence-electron chi connectivity index (χ2n) is 7.33. The molecule has 0 spiro atoms. The number of rotatable bonds is 2. The van der Waals surface area contributed by atoms with E-state index >= 15 is 0 Å². The number of Topliss-reactive ketones (excluding diaryl/α,β-unsaturated/α-hetero) is 2. The first kappa shape index (κ1) is 15.3. The van der Waals surface area contributed by atoms with E-state index in [1.54, 1.807) is 0 Å². The van der Waals surface area contributed by atoms with Gasteiger partial charge in [-0.2, -0.15) is 0 Å². The van der Waals surface area contributed by atoms with Crippen molar-refractivity contribution in [3.05, 3.63) is 59.2 Å². The summed E-state index contributed by atoms with van der Waals surface area (Å²) < 4.78 is 0. The SMILES string of the molecule is Cc1ccccc1-c1ccc(C)c(C2C(=O)C3CCC(C3)C2=O)c1. The van der Waals surface area contributed by atoms with Crippen molar-refractivity contribution in [2.45, 2.75) is 39.0 Å². The van der Waals surface area contributed by atoms with Gasteiger partial charge in [-0.25, -0.2) is 0 Å². The molecule has 24 heavy (non-hydrogen) atoms. The highest BCUT2D eigenvalue weighted by atomic mass is 16.2. The van der Waals surface area contributed by atoms with E-state index in [9.17, 15) is 9.59 Å². The van der Waals surface area contributed by atoms with Crippen molar-refractivity contribution in [1.29, 1.82) is 0 Å². The molecule has 0 aliphatic heterocycles. The van der Waals surface area contributed by atoms with Gasteiger partial charge in [0.25, 0.3) is 0 Å². The molecule has 2 heteroatoms. The molecule has 2 aliphatic rings. The van der Waals surface area contributed by atoms with E-state index < -0.39 is 5.92 Å². The highest BCUT2D eigenvalue weighted by Crippen LogP contribution is 2.45. The van der Waals surface area contributed by atoms with Gasteiger partial charge in [-0.1, -0.05) is 36.4 Å². The summed E-state index contributed by atoms with van der Waals surface area (Å²) in [5, 5.41) is 0. The molecule has 4 rings (SSSR count). The summed E-state index contributed by atoms with van der Waals surface area (Å²) in [6, 6.07) is 14.5. The van der Waals surface area contributed by atoms with E-state index in [0.29, 0.717) is 0 Å². The summed E-state index contributed by atoms with van der Waals surface area (Å²) in [4.78, 5) is 25.7. The van der Waals surface area contributed by atoms with Crippen LogP contribution >= 0.6 is 0 Å². The molecule has 0 amide bonds. The number of hydrogen-bond donors (Lipinski definition) is 0. The predicted molar refractivity (Wildman–Crippen MR) is 94.9 cm³/mol. The van der Waals surface area contributed by atoms with Crippen LogP contribution in [0, 0.1) is 25.7 Å². The Balaban J connectivity index is 1.81. The van der Waals surface area contributed by atoms with Gasteiger partial charge in [0, 0.05) is 11.8 Å². The van der Waals surface area contributed by atoms with E-state index in [1.165, 1.54) is 5.56 Å². The molecule has 0 heterocycles. The molecule has 0 saturated heterocycles. The van der Waals surface area contributed by atoms with Crippen molar-refractivity contribution in [3.8, 4) is 11.1 Å². The summed E-state index contributed by atoms with van der Waals surface area (Å²) in [5.41, 5.74) is 5.42. The maximum Gasteiger partial charge on any atom is 0.150 e. The summed E-state index contributed by atoms with van der Waals surface area (Å²) in [6.45, 7) is 4.10. The Kier molecular flexibility index (Phi) is 3.64. The fraction of sp³-hybridized carbons (Fsp3) is 0.364. The van der Waals surface area contributed by atoms with E-state index in [0.717, 1.165) is 41.5 Å². The van der Waals surface area contributed by atoms with Crippen molar-refractivity contribution < 1.29 is 9.59 Å². The predicted octanol–water partition coefficient (Wildman–Crippen LogP) is 4.62. The Morgan fingerprint density at radius 3 is 2.17 bits per heavy atom. The molecule has 2 aromatic carbocycles. The van der Waals surface area contributed by atoms with Crippen LogP contribution in [0.25, 0.3) is 11.1 Å². The number of benzene rings is 2. The van der Waals surface area contributed by atoms with Gasteiger partial charge in [0.15, 0.2) is 11.6 Å². The molecule has 122 valence electrons. The Morgan fingerprint density at radius 1 is 0.833 bits per heavy atom. The highest BCUT2D eigenvalue weighted by Gasteiger charge is 2.47. The lowest BCUT2D eigenvalue weighted by Gasteiger charge is -2.27. The van der Waals surface area contributed by atoms with E-state index in [1.807, 2.05) is 25.1 Å². The fourth-order valence-corrected chi connectivity index (χ4v) is 4.43. The van der Waals surface area contributed by atoms with Gasteiger partial charge in [-0.15, -0.1) is 0 Å². The quantitative estimate of drug-likeness (QED) is 0.757. The van der Waals surface area contributed by atoms with Gasteiger partial charge in [0.1, 0.15) is 5.92 Å². The van der Waals surface area contributed by atoms with Crippen LogP contribution in [0.2, 0.25) is 0 Å². The van der Waals surface area contributed by atoms with Crippen LogP contribution in [0.15, 0.2) is 42.5 Å². The van der Waals surface area contributed by atoms with Crippen molar-refractivity contribution in [3.63, 3.8) is 0 Å². The topological polar surface area (TPSA) is 34.1 Å². The van der Waals surface area contributed by atoms with E-state index in [2.05, 4.69) is 31.2 Å². The second-order valence-corrected chi connectivity index (χ2v) is 7.33. The third-order valence-corrected chi connectivity index (χ3v) is 5.85. The lowest BCUT2D eigenvalue weighted by molar-refractivity contribution is -0.135. The van der Waals surface area contributed by atoms with Crippen LogP contribution < -0.4 is 0 Å². The molecular formula is C22H22O2. The Morgan fingerprint density at radius 2 is 1.50 bits per heavy atom. The van der Waals surface area contributed by atoms with Gasteiger partial charge >= 0.3 is 0 Å². The third kappa shape index (κ3) is 2.32. The van der Waals surface area contributed by atoms with Crippen LogP contribution in [0.5, 0.6) is 0 Å². The summed E-state index contributed by atoms with van der Waals surface area (Å²) in [5.74, 6) is -0.0452. The number of aryl methyl sites for hydroxylation is 2. The summed E-state index contributed by atoms with van der Waals surface area (Å²) in [6.07, 6.45) is 2.56. The standard InChI is InChI=1S/C22H22O2/c1-13-5-3-4-6-18(13)15-8-7-14(2)19(12-15)20-21(23)16-9-10-17(11-16)22(20)24/h3-8,12,16-17,20H,9-11H2,1-2H3. The van der Waals surface area contributed by atoms with Crippen LogP contribution in [0.4, 0.5) is 0 Å². The van der Waals surface area contributed by atoms with Crippen molar-refractivity contribution >= 4 is 11.6 Å². The average Bonchev–Trinajstić information content (AvgIpc) is 3.03. The summed E-state index contributed by atoms with van der Waals surface area (Å²) >= 11 is 0. The van der Waals surface area contributed by atoms with Crippen LogP contribution in [0.3, 0.4) is 0 Å². The van der Waals surface area contributed by atoms with Gasteiger partial charge in [0.05, 0.1) is 0 Å². The Labute approximate surface area is 142 Å². The van der Waals surface area contributed by atoms with Crippen LogP contribution in [0.1, 0.15) is 41.9 Å². The highest BCUT2D eigenvalue weighted by molar-refractivity contribution is 6.12. The van der Waals surface area contributed by atoms with Crippen LogP contribution in [-0.4, -0.2) is 11.6 Å². The zero-order valence-electron chi connectivity index (χ0n) is 14.2. The van der Waals surface area contributed by atoms with E-state index in [-0.39, 0.29) is 23.4 Å². The second kappa shape index (κ2) is 5.70. The zero-order chi connectivity index (χ0) is 16.8. The Hall–Kier alpha value is -2.22. The van der Waals surface area contributed by atoms with Gasteiger partial charge in [-0.3, -0.25) is 9.59 Å². The summed E-state index contributed by atoms with van der Waals surface area (Å²) in [7, 11) is 0. The van der Waals surface area contributed by atoms with Crippen LogP contribution in [-0.2, 0) is 9.59 Å². The molecule has 2 saturated carbocycles. The maximum atomic E-state index is 12.8. The largest absolute Gasteiger partial charge is 0.298 e. The first-order chi connectivity index (χ1) is 11.6. The number of ketones is 2. The monoisotopic (exact) mass is 318 g/mol. The minimum atomic E-state index is -0.541. The van der Waals surface area contributed by atoms with Gasteiger partial charge in [0.2, 0.25) is 0 Å². The molecule has 2 aromatic rings. The molecule has 0 N–H and O–H groups in total. The maximum absolute atomic E-state index is 12.8. The first-order valence-corrected chi connectivity index (χ1v) is 8.80. The first-order valence-electron chi connectivity index (χ1n) is 8.80. The lowest BCUT2D eigenvalue weighted by atomic mass is 9.74. The number of fused-ring (bicyclic) bond motifs is 2. The molecule has 2 atom stereocenters. The smallest absolute Gasteiger partial charge is 0.150 e. The zero-order valence-corrected chi connectivity index (χ0v) is 14.2. The molecule has 0 radical (unpaired) electrons. The fourth-order valence-electron chi connectivity index (χ4n) is 4.43. The Bertz CT molecular complexity index is 812. The molecule has 2 unspecified atom stereocenters. The number of carbonyl (C=O) groups excluding carboxylic acids is 2. The number of carbonyl (C=O) groups is 2. The molecule has 0 aromatic heterocycles. The van der Waals surface area contributed by atoms with E-state index in [4.69, 9.17) is 0 Å².